The van der Waals surface area contributed by atoms with Gasteiger partial charge in [-0.3, -0.25) is 14.9 Å². The molecule has 0 heterocycles. The Bertz CT molecular complexity index is 811. The third-order valence-electron chi connectivity index (χ3n) is 5.97. The second kappa shape index (κ2) is 11.0. The van der Waals surface area contributed by atoms with E-state index in [9.17, 15) is 24.3 Å². The second-order valence-corrected chi connectivity index (χ2v) is 8.79. The number of carboxylic acid groups (broad SMARTS) is 1. The van der Waals surface area contributed by atoms with E-state index in [0.29, 0.717) is 17.9 Å². The monoisotopic (exact) mass is 448 g/mol. The Balaban J connectivity index is 2.10. The van der Waals surface area contributed by atoms with Crippen LogP contribution in [0.2, 0.25) is 0 Å². The third kappa shape index (κ3) is 6.45. The minimum absolute atomic E-state index is 0.131. The Morgan fingerprint density at radius 1 is 1.19 bits per heavy atom. The molecule has 0 bridgehead atoms. The Kier molecular flexibility index (Phi) is 8.63. The molecule has 1 aliphatic rings. The zero-order chi connectivity index (χ0) is 23.9. The molecule has 1 aliphatic carbocycles. The number of carbonyl (C=O) groups is 4. The van der Waals surface area contributed by atoms with E-state index in [0.717, 1.165) is 12.8 Å². The van der Waals surface area contributed by atoms with E-state index < -0.39 is 42.0 Å². The largest absolute Gasteiger partial charge is 0.479 e. The van der Waals surface area contributed by atoms with Crippen LogP contribution in [-0.4, -0.2) is 40.7 Å². The first-order chi connectivity index (χ1) is 15.0. The van der Waals surface area contributed by atoms with Gasteiger partial charge >= 0.3 is 18.0 Å². The summed E-state index contributed by atoms with van der Waals surface area (Å²) >= 11 is 0. The predicted octanol–water partition coefficient (Wildman–Crippen LogP) is 2.62. The lowest BCUT2D eigenvalue weighted by molar-refractivity contribution is -0.164. The first-order valence-corrected chi connectivity index (χ1v) is 10.8. The van der Waals surface area contributed by atoms with E-state index in [4.69, 9.17) is 15.2 Å². The zero-order valence-electron chi connectivity index (χ0n) is 18.7. The summed E-state index contributed by atoms with van der Waals surface area (Å²) in [6.07, 6.45) is 0.0445. The molecule has 2 amide bonds. The smallest absolute Gasteiger partial charge is 0.408 e. The van der Waals surface area contributed by atoms with Crippen LogP contribution >= 0.6 is 0 Å². The van der Waals surface area contributed by atoms with Crippen molar-refractivity contribution in [2.24, 2.45) is 23.5 Å². The third-order valence-corrected chi connectivity index (χ3v) is 5.97. The maximum atomic E-state index is 12.7. The number of benzene rings is 1. The molecule has 32 heavy (non-hydrogen) atoms. The van der Waals surface area contributed by atoms with Gasteiger partial charge in [0, 0.05) is 0 Å². The molecule has 9 nitrogen and oxygen atoms in total. The quantitative estimate of drug-likeness (QED) is 0.389. The van der Waals surface area contributed by atoms with Crippen LogP contribution in [0.25, 0.3) is 0 Å². The van der Waals surface area contributed by atoms with Crippen LogP contribution in [0.5, 0.6) is 0 Å². The van der Waals surface area contributed by atoms with Gasteiger partial charge in [-0.05, 0) is 36.2 Å². The van der Waals surface area contributed by atoms with Crippen molar-refractivity contribution in [2.45, 2.75) is 64.7 Å². The van der Waals surface area contributed by atoms with Gasteiger partial charge in [-0.25, -0.2) is 9.59 Å². The lowest BCUT2D eigenvalue weighted by Crippen LogP contribution is -2.64. The Hall–Kier alpha value is -3.10. The number of alkyl carbamates (subject to hydrolysis) is 1. The van der Waals surface area contributed by atoms with Crippen LogP contribution in [0.3, 0.4) is 0 Å². The standard InChI is InChI=1S/C23H32N2O7/c1-14(2)17-10-9-15(3)11-18(17)32-19(26)12-23(20(24)27,21(28)29)25-22(30)31-13-16-7-5-4-6-8-16/h4-8,14-15,17-18H,9-13H2,1-3H3,(H2,24,27)(H,25,30)(H,28,29). The summed E-state index contributed by atoms with van der Waals surface area (Å²) in [5, 5.41) is 11.7. The van der Waals surface area contributed by atoms with Gasteiger partial charge in [0.05, 0.1) is 6.42 Å². The van der Waals surface area contributed by atoms with Crippen LogP contribution in [0.1, 0.15) is 52.0 Å². The highest BCUT2D eigenvalue weighted by atomic mass is 16.6. The number of primary amides is 1. The van der Waals surface area contributed by atoms with Crippen LogP contribution in [0.15, 0.2) is 30.3 Å². The molecule has 0 aromatic heterocycles. The van der Waals surface area contributed by atoms with Gasteiger partial charge < -0.3 is 20.3 Å². The van der Waals surface area contributed by atoms with Crippen molar-refractivity contribution in [2.75, 3.05) is 0 Å². The minimum atomic E-state index is -2.68. The Morgan fingerprint density at radius 2 is 1.84 bits per heavy atom. The van der Waals surface area contributed by atoms with E-state index in [2.05, 4.69) is 6.92 Å². The molecule has 0 radical (unpaired) electrons. The summed E-state index contributed by atoms with van der Waals surface area (Å²) in [4.78, 5) is 49.0. The molecule has 1 saturated carbocycles. The normalized spacial score (nSPS) is 22.4. The van der Waals surface area contributed by atoms with Crippen molar-refractivity contribution in [1.82, 2.24) is 5.32 Å². The van der Waals surface area contributed by atoms with Crippen molar-refractivity contribution in [3.05, 3.63) is 35.9 Å². The minimum Gasteiger partial charge on any atom is -0.479 e. The molecular weight excluding hydrogens is 416 g/mol. The molecule has 2 rings (SSSR count). The summed E-state index contributed by atoms with van der Waals surface area (Å²) in [7, 11) is 0. The van der Waals surface area contributed by atoms with E-state index in [1.165, 1.54) is 0 Å². The number of ether oxygens (including phenoxy) is 2. The molecule has 176 valence electrons. The Labute approximate surface area is 187 Å². The predicted molar refractivity (Wildman–Crippen MR) is 115 cm³/mol. The highest BCUT2D eigenvalue weighted by molar-refractivity contribution is 6.10. The zero-order valence-corrected chi connectivity index (χ0v) is 18.7. The van der Waals surface area contributed by atoms with Crippen molar-refractivity contribution in [1.29, 1.82) is 0 Å². The summed E-state index contributed by atoms with van der Waals surface area (Å²) in [6.45, 7) is 5.99. The fraction of sp³-hybridized carbons (Fsp3) is 0.565. The number of hydrogen-bond donors (Lipinski definition) is 3. The van der Waals surface area contributed by atoms with Crippen molar-refractivity contribution in [3.8, 4) is 0 Å². The van der Waals surface area contributed by atoms with Gasteiger partial charge in [-0.1, -0.05) is 57.5 Å². The maximum Gasteiger partial charge on any atom is 0.408 e. The number of carboxylic acids is 1. The number of carbonyl (C=O) groups excluding carboxylic acids is 3. The maximum absolute atomic E-state index is 12.7. The van der Waals surface area contributed by atoms with Crippen molar-refractivity contribution < 1.29 is 33.8 Å². The molecule has 9 heteroatoms. The second-order valence-electron chi connectivity index (χ2n) is 8.79. The number of hydrogen-bond acceptors (Lipinski definition) is 6. The lowest BCUT2D eigenvalue weighted by atomic mass is 9.75. The van der Waals surface area contributed by atoms with E-state index in [-0.39, 0.29) is 18.4 Å². The first kappa shape index (κ1) is 25.2. The number of amides is 2. The molecule has 1 fully saturated rings. The average molecular weight is 449 g/mol. The number of esters is 1. The molecule has 0 saturated heterocycles. The molecule has 4 unspecified atom stereocenters. The molecular formula is C23H32N2O7. The van der Waals surface area contributed by atoms with Gasteiger partial charge in [0.2, 0.25) is 5.54 Å². The van der Waals surface area contributed by atoms with Gasteiger partial charge in [0.15, 0.2) is 0 Å². The first-order valence-electron chi connectivity index (χ1n) is 10.8. The number of nitrogens with two attached hydrogens (primary N) is 1. The average Bonchev–Trinajstić information content (AvgIpc) is 2.72. The molecule has 4 N–H and O–H groups in total. The fourth-order valence-corrected chi connectivity index (χ4v) is 4.04. The summed E-state index contributed by atoms with van der Waals surface area (Å²) < 4.78 is 10.6. The van der Waals surface area contributed by atoms with Gasteiger partial charge in [-0.2, -0.15) is 0 Å². The van der Waals surface area contributed by atoms with Crippen LogP contribution in [-0.2, 0) is 30.5 Å². The Morgan fingerprint density at radius 3 is 2.41 bits per heavy atom. The lowest BCUT2D eigenvalue weighted by Gasteiger charge is -2.37. The topological polar surface area (TPSA) is 145 Å². The molecule has 0 aliphatic heterocycles. The van der Waals surface area contributed by atoms with E-state index in [1.54, 1.807) is 30.3 Å². The fourth-order valence-electron chi connectivity index (χ4n) is 4.04. The molecule has 0 spiro atoms. The van der Waals surface area contributed by atoms with E-state index >= 15 is 0 Å². The van der Waals surface area contributed by atoms with Crippen LogP contribution in [0.4, 0.5) is 4.79 Å². The summed E-state index contributed by atoms with van der Waals surface area (Å²) in [5.74, 6) is -3.32. The van der Waals surface area contributed by atoms with Crippen LogP contribution in [0, 0.1) is 17.8 Å². The molecule has 1 aromatic carbocycles. The van der Waals surface area contributed by atoms with Gasteiger partial charge in [-0.15, -0.1) is 0 Å². The SMILES string of the molecule is CC1CCC(C(C)C)C(OC(=O)CC(NC(=O)OCc2ccccc2)(C(N)=O)C(=O)O)C1. The van der Waals surface area contributed by atoms with Crippen molar-refractivity contribution >= 4 is 23.9 Å². The van der Waals surface area contributed by atoms with Crippen molar-refractivity contribution in [3.63, 3.8) is 0 Å². The molecule has 1 aromatic rings. The van der Waals surface area contributed by atoms with Gasteiger partial charge in [0.25, 0.3) is 5.91 Å². The highest BCUT2D eigenvalue weighted by Gasteiger charge is 2.50. The number of nitrogens with one attached hydrogen (secondary N) is 1. The van der Waals surface area contributed by atoms with E-state index in [1.807, 2.05) is 19.2 Å². The summed E-state index contributed by atoms with van der Waals surface area (Å²) in [5.41, 5.74) is 3.29. The van der Waals surface area contributed by atoms with Crippen LogP contribution < -0.4 is 11.1 Å². The summed E-state index contributed by atoms with van der Waals surface area (Å²) in [6, 6.07) is 8.69. The molecule has 4 atom stereocenters. The van der Waals surface area contributed by atoms with Gasteiger partial charge in [0.1, 0.15) is 12.7 Å². The highest BCUT2D eigenvalue weighted by Crippen LogP contribution is 2.35. The number of rotatable bonds is 9. The number of aliphatic carboxylic acids is 1.